The molecule has 1 fully saturated rings. The molecule has 0 saturated heterocycles. The van der Waals surface area contributed by atoms with Crippen LogP contribution in [0.25, 0.3) is 0 Å². The van der Waals surface area contributed by atoms with Gasteiger partial charge in [-0.2, -0.15) is 0 Å². The molecule has 2 nitrogen and oxygen atoms in total. The van der Waals surface area contributed by atoms with E-state index in [1.165, 1.54) is 38.5 Å². The van der Waals surface area contributed by atoms with E-state index >= 15 is 0 Å². The largest absolute Gasteiger partial charge is 0.367 e. The minimum absolute atomic E-state index is 0.636. The lowest BCUT2D eigenvalue weighted by atomic mass is 9.83. The van der Waals surface area contributed by atoms with Crippen LogP contribution in [0.5, 0.6) is 0 Å². The molecule has 2 rings (SSSR count). The fourth-order valence-corrected chi connectivity index (χ4v) is 2.84. The van der Waals surface area contributed by atoms with E-state index in [0.717, 1.165) is 17.4 Å². The van der Waals surface area contributed by atoms with Gasteiger partial charge in [-0.05, 0) is 50.7 Å². The molecule has 1 N–H and O–H groups in total. The molecule has 0 radical (unpaired) electrons. The predicted molar refractivity (Wildman–Crippen MR) is 73.3 cm³/mol. The van der Waals surface area contributed by atoms with Crippen molar-refractivity contribution in [2.75, 3.05) is 5.32 Å². The molecule has 1 aromatic rings. The number of aromatic nitrogens is 1. The van der Waals surface area contributed by atoms with Crippen LogP contribution >= 0.6 is 0 Å². The van der Waals surface area contributed by atoms with Gasteiger partial charge in [0.15, 0.2) is 0 Å². The number of hydrogen-bond donors (Lipinski definition) is 1. The molecule has 0 aromatic carbocycles. The van der Waals surface area contributed by atoms with Crippen molar-refractivity contribution in [3.63, 3.8) is 0 Å². The van der Waals surface area contributed by atoms with E-state index in [-0.39, 0.29) is 0 Å². The van der Waals surface area contributed by atoms with Gasteiger partial charge in [0.1, 0.15) is 5.82 Å². The van der Waals surface area contributed by atoms with Crippen molar-refractivity contribution >= 4 is 5.82 Å². The summed E-state index contributed by atoms with van der Waals surface area (Å²) in [6, 6.07) is 6.83. The van der Waals surface area contributed by atoms with E-state index in [2.05, 4.69) is 29.4 Å². The summed E-state index contributed by atoms with van der Waals surface area (Å²) in [7, 11) is 0. The van der Waals surface area contributed by atoms with Crippen LogP contribution in [0.2, 0.25) is 0 Å². The zero-order valence-electron chi connectivity index (χ0n) is 11.1. The molecule has 0 spiro atoms. The van der Waals surface area contributed by atoms with E-state index in [4.69, 9.17) is 0 Å². The highest BCUT2D eigenvalue weighted by Crippen LogP contribution is 2.29. The molecule has 1 aliphatic rings. The van der Waals surface area contributed by atoms with Crippen LogP contribution in [0.4, 0.5) is 5.82 Å². The number of pyridine rings is 1. The summed E-state index contributed by atoms with van der Waals surface area (Å²) < 4.78 is 0. The van der Waals surface area contributed by atoms with Crippen LogP contribution in [0.15, 0.2) is 18.2 Å². The van der Waals surface area contributed by atoms with Crippen LogP contribution < -0.4 is 5.32 Å². The maximum atomic E-state index is 4.51. The number of rotatable bonds is 4. The maximum absolute atomic E-state index is 4.51. The van der Waals surface area contributed by atoms with Crippen LogP contribution in [-0.2, 0) is 0 Å². The first-order chi connectivity index (χ1) is 8.28. The second-order valence-electron chi connectivity index (χ2n) is 5.31. The first kappa shape index (κ1) is 12.4. The topological polar surface area (TPSA) is 24.9 Å². The molecule has 0 bridgehead atoms. The Kier molecular flexibility index (Phi) is 4.41. The average molecular weight is 232 g/mol. The Labute approximate surface area is 105 Å². The van der Waals surface area contributed by atoms with Crippen LogP contribution in [-0.4, -0.2) is 11.0 Å². The van der Waals surface area contributed by atoms with Gasteiger partial charge in [0.05, 0.1) is 0 Å². The first-order valence-corrected chi connectivity index (χ1v) is 6.98. The molecule has 2 heteroatoms. The molecule has 1 aliphatic carbocycles. The molecule has 1 heterocycles. The molecule has 1 saturated carbocycles. The summed E-state index contributed by atoms with van der Waals surface area (Å²) in [5, 5.41) is 3.57. The summed E-state index contributed by atoms with van der Waals surface area (Å²) in [6.45, 7) is 4.34. The Hall–Kier alpha value is -1.05. The minimum atomic E-state index is 0.636. The maximum Gasteiger partial charge on any atom is 0.126 e. The monoisotopic (exact) mass is 232 g/mol. The fraction of sp³-hybridized carbons (Fsp3) is 0.667. The van der Waals surface area contributed by atoms with E-state index in [9.17, 15) is 0 Å². The van der Waals surface area contributed by atoms with Gasteiger partial charge in [-0.1, -0.05) is 25.8 Å². The lowest BCUT2D eigenvalue weighted by Crippen LogP contribution is -2.26. The van der Waals surface area contributed by atoms with Crippen LogP contribution in [0.1, 0.15) is 51.1 Å². The normalized spacial score (nSPS) is 24.6. The second-order valence-corrected chi connectivity index (χ2v) is 5.31. The SMILES string of the molecule is CCCC1CCC(Nc2cccc(C)n2)CC1. The van der Waals surface area contributed by atoms with Crippen molar-refractivity contribution in [3.05, 3.63) is 23.9 Å². The molecule has 0 aliphatic heterocycles. The summed E-state index contributed by atoms with van der Waals surface area (Å²) in [4.78, 5) is 4.51. The Morgan fingerprint density at radius 1 is 1.24 bits per heavy atom. The van der Waals surface area contributed by atoms with Gasteiger partial charge in [0, 0.05) is 11.7 Å². The van der Waals surface area contributed by atoms with Gasteiger partial charge in [-0.15, -0.1) is 0 Å². The van der Waals surface area contributed by atoms with Crippen LogP contribution in [0.3, 0.4) is 0 Å². The van der Waals surface area contributed by atoms with Crippen molar-refractivity contribution in [2.24, 2.45) is 5.92 Å². The van der Waals surface area contributed by atoms with Crippen molar-refractivity contribution in [2.45, 2.75) is 58.4 Å². The highest BCUT2D eigenvalue weighted by atomic mass is 15.0. The summed E-state index contributed by atoms with van der Waals surface area (Å²) in [5.41, 5.74) is 1.09. The van der Waals surface area contributed by atoms with Crippen molar-refractivity contribution in [1.82, 2.24) is 4.98 Å². The predicted octanol–water partition coefficient (Wildman–Crippen LogP) is 4.16. The zero-order valence-corrected chi connectivity index (χ0v) is 11.1. The van der Waals surface area contributed by atoms with Crippen molar-refractivity contribution in [3.8, 4) is 0 Å². The third kappa shape index (κ3) is 3.72. The number of aryl methyl sites for hydroxylation is 1. The molecule has 1 aromatic heterocycles. The number of nitrogens with zero attached hydrogens (tertiary/aromatic N) is 1. The molecule has 0 unspecified atom stereocenters. The Balaban J connectivity index is 1.82. The molecular formula is C15H24N2. The minimum Gasteiger partial charge on any atom is -0.367 e. The van der Waals surface area contributed by atoms with Crippen molar-refractivity contribution in [1.29, 1.82) is 0 Å². The number of anilines is 1. The van der Waals surface area contributed by atoms with E-state index < -0.39 is 0 Å². The molecule has 0 amide bonds. The number of nitrogens with one attached hydrogen (secondary N) is 1. The lowest BCUT2D eigenvalue weighted by Gasteiger charge is -2.29. The van der Waals surface area contributed by atoms with Gasteiger partial charge < -0.3 is 5.32 Å². The van der Waals surface area contributed by atoms with Crippen molar-refractivity contribution < 1.29 is 0 Å². The van der Waals surface area contributed by atoms with Gasteiger partial charge in [-0.3, -0.25) is 0 Å². The zero-order chi connectivity index (χ0) is 12.1. The van der Waals surface area contributed by atoms with Gasteiger partial charge in [0.2, 0.25) is 0 Å². The smallest absolute Gasteiger partial charge is 0.126 e. The third-order valence-corrected chi connectivity index (χ3v) is 3.78. The second kappa shape index (κ2) is 6.04. The van der Waals surface area contributed by atoms with E-state index in [1.807, 2.05) is 13.0 Å². The quantitative estimate of drug-likeness (QED) is 0.843. The van der Waals surface area contributed by atoms with Gasteiger partial charge >= 0.3 is 0 Å². The van der Waals surface area contributed by atoms with E-state index in [0.29, 0.717) is 6.04 Å². The molecular weight excluding hydrogens is 208 g/mol. The first-order valence-electron chi connectivity index (χ1n) is 6.98. The molecule has 17 heavy (non-hydrogen) atoms. The summed E-state index contributed by atoms with van der Waals surface area (Å²) in [5.74, 6) is 2.02. The molecule has 0 atom stereocenters. The standard InChI is InChI=1S/C15H24N2/c1-3-5-13-8-10-14(11-9-13)17-15-7-4-6-12(2)16-15/h4,6-7,13-14H,3,5,8-11H2,1-2H3,(H,16,17). The lowest BCUT2D eigenvalue weighted by molar-refractivity contribution is 0.318. The van der Waals surface area contributed by atoms with Gasteiger partial charge in [0.25, 0.3) is 0 Å². The average Bonchev–Trinajstić information content (AvgIpc) is 2.32. The van der Waals surface area contributed by atoms with Crippen LogP contribution in [0, 0.1) is 12.8 Å². The highest BCUT2D eigenvalue weighted by Gasteiger charge is 2.20. The third-order valence-electron chi connectivity index (χ3n) is 3.78. The molecule has 94 valence electrons. The highest BCUT2D eigenvalue weighted by molar-refractivity contribution is 5.36. The van der Waals surface area contributed by atoms with Gasteiger partial charge in [-0.25, -0.2) is 4.98 Å². The Morgan fingerprint density at radius 2 is 2.00 bits per heavy atom. The Bertz CT molecular complexity index is 341. The summed E-state index contributed by atoms with van der Waals surface area (Å²) in [6.07, 6.45) is 8.13. The van der Waals surface area contributed by atoms with E-state index in [1.54, 1.807) is 0 Å². The Morgan fingerprint density at radius 3 is 2.65 bits per heavy atom. The fourth-order valence-electron chi connectivity index (χ4n) is 2.84. The number of hydrogen-bond acceptors (Lipinski definition) is 2. The summed E-state index contributed by atoms with van der Waals surface area (Å²) >= 11 is 0.